The summed E-state index contributed by atoms with van der Waals surface area (Å²) in [5, 5.41) is 7.18. The van der Waals surface area contributed by atoms with Crippen molar-refractivity contribution in [3.8, 4) is 0 Å². The van der Waals surface area contributed by atoms with E-state index in [2.05, 4.69) is 32.7 Å². The standard InChI is InChI=1S/C21H26N4O2/c26-21(22-10-9-16-14-23-18-7-2-1-6-17(16)18)24-15-19(20-8-5-13-27-20)25-11-3-4-12-25/h1-2,5-8,13-14,19,23H,3-4,9-12,15H2,(H2,22,24,26). The molecule has 1 aliphatic heterocycles. The summed E-state index contributed by atoms with van der Waals surface area (Å²) in [4.78, 5) is 17.9. The van der Waals surface area contributed by atoms with E-state index in [-0.39, 0.29) is 12.1 Å². The van der Waals surface area contributed by atoms with Crippen molar-refractivity contribution in [2.45, 2.75) is 25.3 Å². The van der Waals surface area contributed by atoms with Crippen molar-refractivity contribution in [2.75, 3.05) is 26.2 Å². The van der Waals surface area contributed by atoms with Gasteiger partial charge in [0.1, 0.15) is 5.76 Å². The average Bonchev–Trinajstić information content (AvgIpc) is 3.45. The van der Waals surface area contributed by atoms with Crippen LogP contribution in [0.5, 0.6) is 0 Å². The number of rotatable bonds is 7. The highest BCUT2D eigenvalue weighted by Crippen LogP contribution is 2.24. The molecular weight excluding hydrogens is 340 g/mol. The molecule has 1 saturated heterocycles. The third-order valence-electron chi connectivity index (χ3n) is 5.26. The van der Waals surface area contributed by atoms with Gasteiger partial charge >= 0.3 is 6.03 Å². The van der Waals surface area contributed by atoms with Crippen molar-refractivity contribution in [2.24, 2.45) is 0 Å². The summed E-state index contributed by atoms with van der Waals surface area (Å²) in [7, 11) is 0. The van der Waals surface area contributed by atoms with Crippen molar-refractivity contribution in [1.82, 2.24) is 20.5 Å². The molecule has 1 aliphatic rings. The predicted molar refractivity (Wildman–Crippen MR) is 106 cm³/mol. The molecule has 0 spiro atoms. The molecule has 6 heteroatoms. The molecule has 3 aromatic rings. The Bertz CT molecular complexity index is 865. The Morgan fingerprint density at radius 2 is 2.00 bits per heavy atom. The molecule has 4 rings (SSSR count). The molecule has 0 radical (unpaired) electrons. The highest BCUT2D eigenvalue weighted by atomic mass is 16.3. The number of para-hydroxylation sites is 1. The number of aromatic nitrogens is 1. The molecule has 0 aliphatic carbocycles. The zero-order chi connectivity index (χ0) is 18.5. The summed E-state index contributed by atoms with van der Waals surface area (Å²) in [6.45, 7) is 3.25. The van der Waals surface area contributed by atoms with Gasteiger partial charge in [0, 0.05) is 30.2 Å². The summed E-state index contributed by atoms with van der Waals surface area (Å²) in [6.07, 6.45) is 6.91. The van der Waals surface area contributed by atoms with Gasteiger partial charge in [0.15, 0.2) is 0 Å². The first-order chi connectivity index (χ1) is 13.3. The molecule has 0 bridgehead atoms. The zero-order valence-electron chi connectivity index (χ0n) is 15.4. The van der Waals surface area contributed by atoms with E-state index in [1.54, 1.807) is 6.26 Å². The van der Waals surface area contributed by atoms with Gasteiger partial charge in [-0.15, -0.1) is 0 Å². The van der Waals surface area contributed by atoms with Crippen LogP contribution in [0, 0.1) is 0 Å². The number of furan rings is 1. The first kappa shape index (κ1) is 17.7. The van der Waals surface area contributed by atoms with Crippen LogP contribution >= 0.6 is 0 Å². The number of aromatic amines is 1. The Labute approximate surface area is 158 Å². The third-order valence-corrected chi connectivity index (χ3v) is 5.26. The summed E-state index contributed by atoms with van der Waals surface area (Å²) < 4.78 is 5.59. The Balaban J connectivity index is 1.27. The number of urea groups is 1. The van der Waals surface area contributed by atoms with Crippen molar-refractivity contribution in [3.05, 3.63) is 60.2 Å². The Kier molecular flexibility index (Phi) is 5.44. The van der Waals surface area contributed by atoms with E-state index in [1.807, 2.05) is 30.5 Å². The van der Waals surface area contributed by atoms with E-state index in [9.17, 15) is 4.79 Å². The minimum absolute atomic E-state index is 0.0990. The number of nitrogens with zero attached hydrogens (tertiary/aromatic N) is 1. The maximum atomic E-state index is 12.2. The van der Waals surface area contributed by atoms with Crippen LogP contribution in [0.2, 0.25) is 0 Å². The second-order valence-corrected chi connectivity index (χ2v) is 7.02. The quantitative estimate of drug-likeness (QED) is 0.600. The molecule has 1 fully saturated rings. The number of amides is 2. The summed E-state index contributed by atoms with van der Waals surface area (Å²) >= 11 is 0. The topological polar surface area (TPSA) is 73.3 Å². The highest BCUT2D eigenvalue weighted by molar-refractivity contribution is 5.83. The number of hydrogen-bond donors (Lipinski definition) is 3. The number of benzene rings is 1. The lowest BCUT2D eigenvalue weighted by molar-refractivity contribution is 0.203. The number of carbonyl (C=O) groups excluding carboxylic acids is 1. The van der Waals surface area contributed by atoms with Gasteiger partial charge in [-0.3, -0.25) is 4.90 Å². The molecule has 2 amide bonds. The monoisotopic (exact) mass is 366 g/mol. The van der Waals surface area contributed by atoms with Crippen LogP contribution in [0.3, 0.4) is 0 Å². The Morgan fingerprint density at radius 3 is 2.81 bits per heavy atom. The molecule has 1 aromatic carbocycles. The molecule has 1 atom stereocenters. The minimum Gasteiger partial charge on any atom is -0.468 e. The Morgan fingerprint density at radius 1 is 1.15 bits per heavy atom. The lowest BCUT2D eigenvalue weighted by Gasteiger charge is -2.26. The molecule has 6 nitrogen and oxygen atoms in total. The second kappa shape index (κ2) is 8.31. The number of nitrogens with one attached hydrogen (secondary N) is 3. The molecule has 3 heterocycles. The van der Waals surface area contributed by atoms with Gasteiger partial charge in [-0.25, -0.2) is 4.79 Å². The van der Waals surface area contributed by atoms with E-state index >= 15 is 0 Å². The fraction of sp³-hybridized carbons (Fsp3) is 0.381. The average molecular weight is 366 g/mol. The number of fused-ring (bicyclic) bond motifs is 1. The lowest BCUT2D eigenvalue weighted by Crippen LogP contribution is -2.42. The van der Waals surface area contributed by atoms with Gasteiger partial charge < -0.3 is 20.0 Å². The van der Waals surface area contributed by atoms with Crippen molar-refractivity contribution in [1.29, 1.82) is 0 Å². The number of carbonyl (C=O) groups is 1. The third kappa shape index (κ3) is 4.17. The van der Waals surface area contributed by atoms with Crippen molar-refractivity contribution >= 4 is 16.9 Å². The fourth-order valence-corrected chi connectivity index (χ4v) is 3.84. The predicted octanol–water partition coefficient (Wildman–Crippen LogP) is 3.44. The molecule has 1 unspecified atom stereocenters. The van der Waals surface area contributed by atoms with Gasteiger partial charge in [-0.05, 0) is 56.1 Å². The normalized spacial score (nSPS) is 15.9. The van der Waals surface area contributed by atoms with E-state index in [4.69, 9.17) is 4.42 Å². The number of likely N-dealkylation sites (tertiary alicyclic amines) is 1. The smallest absolute Gasteiger partial charge is 0.314 e. The van der Waals surface area contributed by atoms with E-state index < -0.39 is 0 Å². The van der Waals surface area contributed by atoms with Crippen LogP contribution in [-0.2, 0) is 6.42 Å². The van der Waals surface area contributed by atoms with Gasteiger partial charge in [-0.1, -0.05) is 18.2 Å². The molecule has 3 N–H and O–H groups in total. The maximum Gasteiger partial charge on any atom is 0.314 e. The van der Waals surface area contributed by atoms with E-state index in [1.165, 1.54) is 23.8 Å². The van der Waals surface area contributed by atoms with Gasteiger partial charge in [-0.2, -0.15) is 0 Å². The summed E-state index contributed by atoms with van der Waals surface area (Å²) in [5.74, 6) is 0.913. The SMILES string of the molecule is O=C(NCCc1c[nH]c2ccccc12)NCC(c1ccco1)N1CCCC1. The van der Waals surface area contributed by atoms with Crippen LogP contribution in [0.25, 0.3) is 10.9 Å². The van der Waals surface area contributed by atoms with Crippen LogP contribution in [0.15, 0.2) is 53.3 Å². The second-order valence-electron chi connectivity index (χ2n) is 7.02. The molecule has 2 aromatic heterocycles. The van der Waals surface area contributed by atoms with Crippen molar-refractivity contribution < 1.29 is 9.21 Å². The minimum atomic E-state index is -0.134. The first-order valence-electron chi connectivity index (χ1n) is 9.65. The summed E-state index contributed by atoms with van der Waals surface area (Å²) in [5.41, 5.74) is 2.35. The zero-order valence-corrected chi connectivity index (χ0v) is 15.4. The highest BCUT2D eigenvalue weighted by Gasteiger charge is 2.25. The molecular formula is C21H26N4O2. The molecule has 0 saturated carbocycles. The van der Waals surface area contributed by atoms with E-state index in [0.717, 1.165) is 30.8 Å². The largest absolute Gasteiger partial charge is 0.468 e. The van der Waals surface area contributed by atoms with Gasteiger partial charge in [0.2, 0.25) is 0 Å². The molecule has 142 valence electrons. The maximum absolute atomic E-state index is 12.2. The number of H-pyrrole nitrogens is 1. The van der Waals surface area contributed by atoms with Crippen LogP contribution in [0.1, 0.15) is 30.2 Å². The first-order valence-corrected chi connectivity index (χ1v) is 9.65. The summed E-state index contributed by atoms with van der Waals surface area (Å²) in [6, 6.07) is 12.1. The van der Waals surface area contributed by atoms with Crippen LogP contribution in [-0.4, -0.2) is 42.1 Å². The van der Waals surface area contributed by atoms with Crippen LogP contribution in [0.4, 0.5) is 4.79 Å². The van der Waals surface area contributed by atoms with Gasteiger partial charge in [0.05, 0.1) is 12.3 Å². The van der Waals surface area contributed by atoms with E-state index in [0.29, 0.717) is 13.1 Å². The van der Waals surface area contributed by atoms with Crippen LogP contribution < -0.4 is 10.6 Å². The molecule has 27 heavy (non-hydrogen) atoms. The Hall–Kier alpha value is -2.73. The fourth-order valence-electron chi connectivity index (χ4n) is 3.84. The lowest BCUT2D eigenvalue weighted by atomic mass is 10.1. The number of hydrogen-bond acceptors (Lipinski definition) is 3. The van der Waals surface area contributed by atoms with Crippen molar-refractivity contribution in [3.63, 3.8) is 0 Å². The van der Waals surface area contributed by atoms with Gasteiger partial charge in [0.25, 0.3) is 0 Å².